The average molecular weight is 414 g/mol. The number of anilines is 1. The number of rotatable bonds is 8. The van der Waals surface area contributed by atoms with Crippen molar-refractivity contribution < 1.29 is 4.79 Å². The zero-order valence-electron chi connectivity index (χ0n) is 16.6. The Kier molecular flexibility index (Phi) is 6.62. The molecular weight excluding hydrogens is 390 g/mol. The predicted molar refractivity (Wildman–Crippen MR) is 123 cm³/mol. The van der Waals surface area contributed by atoms with Crippen molar-refractivity contribution in [1.29, 1.82) is 0 Å². The van der Waals surface area contributed by atoms with Gasteiger partial charge in [0.2, 0.25) is 5.91 Å². The number of benzene rings is 3. The van der Waals surface area contributed by atoms with E-state index in [2.05, 4.69) is 45.2 Å². The lowest BCUT2D eigenvalue weighted by atomic mass is 10.0. The number of hydrogen-bond acceptors (Lipinski definition) is 3. The molecule has 0 spiro atoms. The summed E-state index contributed by atoms with van der Waals surface area (Å²) in [5.74, 6) is 0.278. The molecule has 150 valence electrons. The van der Waals surface area contributed by atoms with Gasteiger partial charge in [0.15, 0.2) is 5.16 Å². The first-order valence-corrected chi connectivity index (χ1v) is 10.9. The highest BCUT2D eigenvalue weighted by atomic mass is 32.2. The van der Waals surface area contributed by atoms with Crippen molar-refractivity contribution in [2.75, 3.05) is 11.1 Å². The molecule has 4 rings (SSSR count). The van der Waals surface area contributed by atoms with Crippen molar-refractivity contribution in [3.8, 4) is 0 Å². The summed E-state index contributed by atoms with van der Waals surface area (Å²) >= 11 is 1.45. The Balaban J connectivity index is 1.37. The lowest BCUT2D eigenvalue weighted by Crippen LogP contribution is -2.16. The molecule has 4 aromatic rings. The third kappa shape index (κ3) is 5.39. The maximum Gasteiger partial charge on any atom is 0.234 e. The van der Waals surface area contributed by atoms with Crippen LogP contribution in [-0.4, -0.2) is 21.2 Å². The zero-order chi connectivity index (χ0) is 20.6. The van der Waals surface area contributed by atoms with Gasteiger partial charge >= 0.3 is 0 Å². The van der Waals surface area contributed by atoms with Crippen LogP contribution in [0.3, 0.4) is 0 Å². The Hall–Kier alpha value is -3.31. The van der Waals surface area contributed by atoms with Crippen LogP contribution in [0.5, 0.6) is 0 Å². The van der Waals surface area contributed by atoms with Gasteiger partial charge < -0.3 is 9.88 Å². The summed E-state index contributed by atoms with van der Waals surface area (Å²) < 4.78 is 2.07. The van der Waals surface area contributed by atoms with E-state index in [1.807, 2.05) is 60.8 Å². The van der Waals surface area contributed by atoms with Crippen LogP contribution in [0.4, 0.5) is 5.69 Å². The van der Waals surface area contributed by atoms with E-state index in [9.17, 15) is 4.79 Å². The lowest BCUT2D eigenvalue weighted by molar-refractivity contribution is -0.113. The maximum atomic E-state index is 12.6. The molecule has 0 unspecified atom stereocenters. The Morgan fingerprint density at radius 2 is 1.53 bits per heavy atom. The third-order valence-electron chi connectivity index (χ3n) is 4.73. The fraction of sp³-hybridized carbons (Fsp3) is 0.120. The SMILES string of the molecule is O=C(CSc1nccn1Cc1ccccc1)Nc1ccccc1Cc1ccccc1. The van der Waals surface area contributed by atoms with E-state index in [4.69, 9.17) is 0 Å². The number of amides is 1. The number of nitrogens with zero attached hydrogens (tertiary/aromatic N) is 2. The van der Waals surface area contributed by atoms with Crippen LogP contribution in [0.15, 0.2) is 102 Å². The molecule has 30 heavy (non-hydrogen) atoms. The second kappa shape index (κ2) is 9.94. The van der Waals surface area contributed by atoms with Crippen molar-refractivity contribution in [3.63, 3.8) is 0 Å². The minimum Gasteiger partial charge on any atom is -0.325 e. The zero-order valence-corrected chi connectivity index (χ0v) is 17.4. The Morgan fingerprint density at radius 3 is 2.30 bits per heavy atom. The average Bonchev–Trinajstić information content (AvgIpc) is 3.22. The number of carbonyl (C=O) groups is 1. The first-order chi connectivity index (χ1) is 14.8. The van der Waals surface area contributed by atoms with Crippen molar-refractivity contribution in [1.82, 2.24) is 9.55 Å². The number of para-hydroxylation sites is 1. The van der Waals surface area contributed by atoms with Crippen LogP contribution in [-0.2, 0) is 17.8 Å². The fourth-order valence-electron chi connectivity index (χ4n) is 3.26. The highest BCUT2D eigenvalue weighted by Crippen LogP contribution is 2.21. The van der Waals surface area contributed by atoms with Gasteiger partial charge in [0.05, 0.1) is 5.75 Å². The van der Waals surface area contributed by atoms with Gasteiger partial charge in [-0.15, -0.1) is 0 Å². The van der Waals surface area contributed by atoms with Crippen molar-refractivity contribution >= 4 is 23.4 Å². The Morgan fingerprint density at radius 1 is 0.867 bits per heavy atom. The molecule has 1 aromatic heterocycles. The van der Waals surface area contributed by atoms with Crippen LogP contribution in [0.25, 0.3) is 0 Å². The number of thioether (sulfide) groups is 1. The van der Waals surface area contributed by atoms with E-state index in [1.165, 1.54) is 22.9 Å². The topological polar surface area (TPSA) is 46.9 Å². The molecule has 0 saturated heterocycles. The molecule has 3 aromatic carbocycles. The number of nitrogens with one attached hydrogen (secondary N) is 1. The normalized spacial score (nSPS) is 10.7. The molecule has 0 aliphatic rings. The van der Waals surface area contributed by atoms with Crippen LogP contribution in [0.1, 0.15) is 16.7 Å². The third-order valence-corrected chi connectivity index (χ3v) is 5.74. The largest absolute Gasteiger partial charge is 0.325 e. The monoisotopic (exact) mass is 413 g/mol. The molecule has 0 saturated carbocycles. The summed E-state index contributed by atoms with van der Waals surface area (Å²) in [6, 6.07) is 28.5. The number of aromatic nitrogens is 2. The minimum absolute atomic E-state index is 0.0326. The molecule has 0 fully saturated rings. The molecule has 1 amide bonds. The molecule has 0 aliphatic carbocycles. The highest BCUT2D eigenvalue weighted by molar-refractivity contribution is 7.99. The molecule has 1 N–H and O–H groups in total. The lowest BCUT2D eigenvalue weighted by Gasteiger charge is -2.12. The van der Waals surface area contributed by atoms with Gasteiger partial charge in [0.1, 0.15) is 0 Å². The number of hydrogen-bond donors (Lipinski definition) is 1. The number of carbonyl (C=O) groups excluding carboxylic acids is 1. The summed E-state index contributed by atoms with van der Waals surface area (Å²) in [7, 11) is 0. The van der Waals surface area contributed by atoms with Gasteiger partial charge in [0, 0.05) is 24.6 Å². The minimum atomic E-state index is -0.0326. The van der Waals surface area contributed by atoms with E-state index in [-0.39, 0.29) is 5.91 Å². The first kappa shape index (κ1) is 20.0. The molecule has 0 bridgehead atoms. The van der Waals surface area contributed by atoms with E-state index >= 15 is 0 Å². The molecule has 4 nitrogen and oxygen atoms in total. The molecule has 0 atom stereocenters. The quantitative estimate of drug-likeness (QED) is 0.401. The van der Waals surface area contributed by atoms with Gasteiger partial charge in [0.25, 0.3) is 0 Å². The van der Waals surface area contributed by atoms with E-state index in [1.54, 1.807) is 6.20 Å². The second-order valence-corrected chi connectivity index (χ2v) is 7.92. The number of imidazole rings is 1. The standard InChI is InChI=1S/C25H23N3OS/c29-24(19-30-25-26-15-16-28(25)18-21-11-5-2-6-12-21)27-23-14-8-7-13-22(23)17-20-9-3-1-4-10-20/h1-16H,17-19H2,(H,27,29). The Bertz CT molecular complexity index is 1090. The van der Waals surface area contributed by atoms with Crippen LogP contribution in [0.2, 0.25) is 0 Å². The summed E-state index contributed by atoms with van der Waals surface area (Å²) in [6.45, 7) is 0.741. The highest BCUT2D eigenvalue weighted by Gasteiger charge is 2.11. The molecule has 0 aliphatic heterocycles. The summed E-state index contributed by atoms with van der Waals surface area (Å²) in [6.07, 6.45) is 4.51. The van der Waals surface area contributed by atoms with Gasteiger partial charge in [-0.05, 0) is 29.2 Å². The second-order valence-electron chi connectivity index (χ2n) is 6.98. The Labute approximate surface area is 181 Å². The fourth-order valence-corrected chi connectivity index (χ4v) is 4.02. The summed E-state index contributed by atoms with van der Waals surface area (Å²) in [5, 5.41) is 3.90. The van der Waals surface area contributed by atoms with Crippen molar-refractivity contribution in [2.24, 2.45) is 0 Å². The molecule has 0 radical (unpaired) electrons. The van der Waals surface area contributed by atoms with Gasteiger partial charge in [-0.25, -0.2) is 4.98 Å². The van der Waals surface area contributed by atoms with E-state index in [0.29, 0.717) is 5.75 Å². The molecular formula is C25H23N3OS. The van der Waals surface area contributed by atoms with Gasteiger partial charge in [-0.1, -0.05) is 90.6 Å². The summed E-state index contributed by atoms with van der Waals surface area (Å²) in [4.78, 5) is 17.0. The first-order valence-electron chi connectivity index (χ1n) is 9.87. The maximum absolute atomic E-state index is 12.6. The molecule has 5 heteroatoms. The van der Waals surface area contributed by atoms with E-state index in [0.717, 1.165) is 29.4 Å². The van der Waals surface area contributed by atoms with Crippen molar-refractivity contribution in [2.45, 2.75) is 18.1 Å². The van der Waals surface area contributed by atoms with Crippen LogP contribution in [0, 0.1) is 0 Å². The molecule has 1 heterocycles. The van der Waals surface area contributed by atoms with Gasteiger partial charge in [-0.2, -0.15) is 0 Å². The summed E-state index contributed by atoms with van der Waals surface area (Å²) in [5.41, 5.74) is 4.39. The van der Waals surface area contributed by atoms with Crippen LogP contribution < -0.4 is 5.32 Å². The van der Waals surface area contributed by atoms with E-state index < -0.39 is 0 Å². The van der Waals surface area contributed by atoms with Gasteiger partial charge in [-0.3, -0.25) is 4.79 Å². The van der Waals surface area contributed by atoms with Crippen LogP contribution >= 0.6 is 11.8 Å². The predicted octanol–water partition coefficient (Wildman–Crippen LogP) is 5.25. The van der Waals surface area contributed by atoms with Crippen molar-refractivity contribution in [3.05, 3.63) is 114 Å². The smallest absolute Gasteiger partial charge is 0.234 e.